The number of halogens is 1. The van der Waals surface area contributed by atoms with Crippen LogP contribution in [0.25, 0.3) is 0 Å². The van der Waals surface area contributed by atoms with Gasteiger partial charge in [-0.2, -0.15) is 5.10 Å². The first-order valence-electron chi connectivity index (χ1n) is 6.79. The number of rotatable bonds is 7. The number of nitrogens with one attached hydrogen (secondary N) is 2. The maximum Gasteiger partial charge on any atom is 0.256 e. The topological polar surface area (TPSA) is 76.0 Å². The maximum atomic E-state index is 12.1. The van der Waals surface area contributed by atoms with Gasteiger partial charge in [0.2, 0.25) is 5.91 Å². The zero-order chi connectivity index (χ0) is 15.1. The molecule has 0 aliphatic rings. The highest BCUT2D eigenvalue weighted by atomic mass is 35.5. The van der Waals surface area contributed by atoms with Crippen LogP contribution in [0.15, 0.2) is 0 Å². The number of aromatic nitrogens is 2. The van der Waals surface area contributed by atoms with Crippen LogP contribution in [0.4, 0.5) is 0 Å². The van der Waals surface area contributed by atoms with Crippen molar-refractivity contribution >= 4 is 23.4 Å². The molecule has 2 N–H and O–H groups in total. The zero-order valence-corrected chi connectivity index (χ0v) is 12.9. The lowest BCUT2D eigenvalue weighted by molar-refractivity contribution is -0.120. The average molecular weight is 301 g/mol. The van der Waals surface area contributed by atoms with Crippen LogP contribution < -0.4 is 10.6 Å². The molecule has 0 saturated carbocycles. The predicted octanol–water partition coefficient (Wildman–Crippen LogP) is 1.51. The fourth-order valence-corrected chi connectivity index (χ4v) is 2.12. The normalized spacial score (nSPS) is 10.4. The Morgan fingerprint density at radius 2 is 2.00 bits per heavy atom. The second-order valence-corrected chi connectivity index (χ2v) is 4.82. The van der Waals surface area contributed by atoms with E-state index in [0.717, 1.165) is 12.8 Å². The van der Waals surface area contributed by atoms with Crippen molar-refractivity contribution < 1.29 is 9.59 Å². The van der Waals surface area contributed by atoms with E-state index in [0.29, 0.717) is 29.5 Å². The smallest absolute Gasteiger partial charge is 0.256 e. The predicted molar refractivity (Wildman–Crippen MR) is 77.9 cm³/mol. The van der Waals surface area contributed by atoms with E-state index >= 15 is 0 Å². The van der Waals surface area contributed by atoms with Crippen LogP contribution in [0.1, 0.15) is 42.7 Å². The van der Waals surface area contributed by atoms with Gasteiger partial charge in [-0.1, -0.05) is 24.9 Å². The van der Waals surface area contributed by atoms with Gasteiger partial charge in [-0.25, -0.2) is 0 Å². The number of unbranched alkanes of at least 4 members (excludes halogenated alkanes) is 1. The van der Waals surface area contributed by atoms with Gasteiger partial charge in [0.25, 0.3) is 5.91 Å². The summed E-state index contributed by atoms with van der Waals surface area (Å²) < 4.78 is 1.63. The molecule has 6 nitrogen and oxygen atoms in total. The SMILES string of the molecule is CCCCn1nc(C)c(C(=O)NCC(=O)NCC)c1Cl. The molecule has 0 fully saturated rings. The Kier molecular flexibility index (Phi) is 6.51. The van der Waals surface area contributed by atoms with E-state index < -0.39 is 0 Å². The van der Waals surface area contributed by atoms with Crippen LogP contribution >= 0.6 is 11.6 Å². The van der Waals surface area contributed by atoms with Gasteiger partial charge < -0.3 is 10.6 Å². The van der Waals surface area contributed by atoms with Crippen molar-refractivity contribution in [3.8, 4) is 0 Å². The van der Waals surface area contributed by atoms with E-state index in [-0.39, 0.29) is 18.4 Å². The fourth-order valence-electron chi connectivity index (χ4n) is 1.78. The minimum atomic E-state index is -0.374. The van der Waals surface area contributed by atoms with Gasteiger partial charge in [-0.15, -0.1) is 0 Å². The first-order chi connectivity index (χ1) is 9.51. The highest BCUT2D eigenvalue weighted by Gasteiger charge is 2.20. The minimum Gasteiger partial charge on any atom is -0.355 e. The summed E-state index contributed by atoms with van der Waals surface area (Å²) in [6.45, 7) is 6.77. The molecule has 0 aliphatic carbocycles. The van der Waals surface area contributed by atoms with Crippen molar-refractivity contribution in [2.24, 2.45) is 0 Å². The third kappa shape index (κ3) is 4.23. The second-order valence-electron chi connectivity index (χ2n) is 4.46. The lowest BCUT2D eigenvalue weighted by Crippen LogP contribution is -2.37. The van der Waals surface area contributed by atoms with Gasteiger partial charge >= 0.3 is 0 Å². The van der Waals surface area contributed by atoms with E-state index in [4.69, 9.17) is 11.6 Å². The molecule has 0 atom stereocenters. The molecule has 0 unspecified atom stereocenters. The third-order valence-electron chi connectivity index (χ3n) is 2.80. The van der Waals surface area contributed by atoms with Crippen molar-refractivity contribution in [2.45, 2.75) is 40.2 Å². The first-order valence-corrected chi connectivity index (χ1v) is 7.16. The minimum absolute atomic E-state index is 0.0669. The van der Waals surface area contributed by atoms with Crippen LogP contribution in [0, 0.1) is 6.92 Å². The molecule has 1 rings (SSSR count). The van der Waals surface area contributed by atoms with Gasteiger partial charge in [0.15, 0.2) is 0 Å². The molecule has 0 radical (unpaired) electrons. The van der Waals surface area contributed by atoms with Crippen LogP contribution in [0.3, 0.4) is 0 Å². The third-order valence-corrected chi connectivity index (χ3v) is 3.18. The number of carbonyl (C=O) groups excluding carboxylic acids is 2. The molecule has 1 heterocycles. The van der Waals surface area contributed by atoms with E-state index in [1.54, 1.807) is 11.6 Å². The van der Waals surface area contributed by atoms with Crippen molar-refractivity contribution in [3.05, 3.63) is 16.4 Å². The van der Waals surface area contributed by atoms with Crippen molar-refractivity contribution in [1.29, 1.82) is 0 Å². The highest BCUT2D eigenvalue weighted by Crippen LogP contribution is 2.20. The lowest BCUT2D eigenvalue weighted by Gasteiger charge is -2.05. The molecule has 0 aliphatic heterocycles. The Balaban J connectivity index is 2.72. The summed E-state index contributed by atoms with van der Waals surface area (Å²) >= 11 is 6.18. The number of carbonyl (C=O) groups is 2. The first kappa shape index (κ1) is 16.5. The van der Waals surface area contributed by atoms with Crippen molar-refractivity contribution in [1.82, 2.24) is 20.4 Å². The quantitative estimate of drug-likeness (QED) is 0.801. The number of aryl methyl sites for hydroxylation is 2. The number of hydrogen-bond donors (Lipinski definition) is 2. The number of nitrogens with zero attached hydrogens (tertiary/aromatic N) is 2. The molecule has 0 saturated heterocycles. The Morgan fingerprint density at radius 3 is 2.60 bits per heavy atom. The van der Waals surface area contributed by atoms with Crippen molar-refractivity contribution in [2.75, 3.05) is 13.1 Å². The number of amides is 2. The summed E-state index contributed by atoms with van der Waals surface area (Å²) in [4.78, 5) is 23.4. The van der Waals surface area contributed by atoms with Gasteiger partial charge in [0.1, 0.15) is 5.15 Å². The summed E-state index contributed by atoms with van der Waals surface area (Å²) in [6, 6.07) is 0. The molecule has 1 aromatic heterocycles. The van der Waals surface area contributed by atoms with E-state index in [2.05, 4.69) is 22.7 Å². The van der Waals surface area contributed by atoms with Gasteiger partial charge in [0.05, 0.1) is 17.8 Å². The van der Waals surface area contributed by atoms with Gasteiger partial charge in [0, 0.05) is 13.1 Å². The summed E-state index contributed by atoms with van der Waals surface area (Å²) in [7, 11) is 0. The molecular formula is C13H21ClN4O2. The monoisotopic (exact) mass is 300 g/mol. The highest BCUT2D eigenvalue weighted by molar-refractivity contribution is 6.33. The Hall–Kier alpha value is -1.56. The van der Waals surface area contributed by atoms with Crippen LogP contribution in [-0.4, -0.2) is 34.7 Å². The second kappa shape index (κ2) is 7.89. The summed E-state index contributed by atoms with van der Waals surface area (Å²) in [5, 5.41) is 9.73. The number of likely N-dealkylation sites (N-methyl/N-ethyl adjacent to an activating group) is 1. The Morgan fingerprint density at radius 1 is 1.30 bits per heavy atom. The fraction of sp³-hybridized carbons (Fsp3) is 0.615. The Bertz CT molecular complexity index is 485. The molecule has 2 amide bonds. The van der Waals surface area contributed by atoms with E-state index in [9.17, 15) is 9.59 Å². The zero-order valence-electron chi connectivity index (χ0n) is 12.1. The van der Waals surface area contributed by atoms with Crippen LogP contribution in [0.5, 0.6) is 0 Å². The summed E-state index contributed by atoms with van der Waals surface area (Å²) in [5.41, 5.74) is 0.909. The Labute approximate surface area is 123 Å². The number of hydrogen-bond acceptors (Lipinski definition) is 3. The molecule has 0 aromatic carbocycles. The molecule has 112 valence electrons. The molecular weight excluding hydrogens is 280 g/mol. The lowest BCUT2D eigenvalue weighted by atomic mass is 10.2. The molecule has 1 aromatic rings. The summed E-state index contributed by atoms with van der Waals surface area (Å²) in [5.74, 6) is -0.602. The van der Waals surface area contributed by atoms with Crippen molar-refractivity contribution in [3.63, 3.8) is 0 Å². The average Bonchev–Trinajstić information content (AvgIpc) is 2.69. The van der Waals surface area contributed by atoms with E-state index in [1.807, 2.05) is 6.92 Å². The van der Waals surface area contributed by atoms with Gasteiger partial charge in [-0.05, 0) is 20.3 Å². The maximum absolute atomic E-state index is 12.1. The molecule has 7 heteroatoms. The molecule has 0 spiro atoms. The van der Waals surface area contributed by atoms with Gasteiger partial charge in [-0.3, -0.25) is 14.3 Å². The summed E-state index contributed by atoms with van der Waals surface area (Å²) in [6.07, 6.45) is 1.97. The van der Waals surface area contributed by atoms with Crippen LogP contribution in [-0.2, 0) is 11.3 Å². The van der Waals surface area contributed by atoms with E-state index in [1.165, 1.54) is 0 Å². The largest absolute Gasteiger partial charge is 0.355 e. The van der Waals surface area contributed by atoms with Crippen LogP contribution in [0.2, 0.25) is 5.15 Å². The molecule has 0 bridgehead atoms. The molecule has 20 heavy (non-hydrogen) atoms. The standard InChI is InChI=1S/C13H21ClN4O2/c1-4-6-7-18-12(14)11(9(3)17-18)13(20)16-8-10(19)15-5-2/h4-8H2,1-3H3,(H,15,19)(H,16,20).